The first-order valence-corrected chi connectivity index (χ1v) is 6.08. The van der Waals surface area contributed by atoms with Gasteiger partial charge >= 0.3 is 0 Å². The third-order valence-corrected chi connectivity index (χ3v) is 3.08. The Bertz CT molecular complexity index is 403. The van der Waals surface area contributed by atoms with E-state index in [1.807, 2.05) is 27.7 Å². The average molecular weight is 237 g/mol. The van der Waals surface area contributed by atoms with Gasteiger partial charge in [-0.15, -0.1) is 0 Å². The molecule has 0 fully saturated rings. The lowest BCUT2D eigenvalue weighted by Crippen LogP contribution is -2.38. The highest BCUT2D eigenvalue weighted by atomic mass is 19.1. The van der Waals surface area contributed by atoms with Gasteiger partial charge in [-0.05, 0) is 39.3 Å². The fourth-order valence-corrected chi connectivity index (χ4v) is 1.83. The Hall–Kier alpha value is -1.38. The van der Waals surface area contributed by atoms with Gasteiger partial charge in [-0.2, -0.15) is 0 Å². The van der Waals surface area contributed by atoms with Crippen LogP contribution < -0.4 is 0 Å². The van der Waals surface area contributed by atoms with Crippen LogP contribution in [0.15, 0.2) is 18.2 Å². The number of carbonyl (C=O) groups is 1. The Morgan fingerprint density at radius 2 is 2.06 bits per heavy atom. The summed E-state index contributed by atoms with van der Waals surface area (Å²) in [5.74, 6) is -0.662. The quantitative estimate of drug-likeness (QED) is 0.786. The highest BCUT2D eigenvalue weighted by Crippen LogP contribution is 2.15. The molecule has 0 radical (unpaired) electrons. The van der Waals surface area contributed by atoms with Crippen molar-refractivity contribution in [3.05, 3.63) is 35.1 Å². The van der Waals surface area contributed by atoms with Crippen molar-refractivity contribution in [3.63, 3.8) is 0 Å². The zero-order valence-corrected chi connectivity index (χ0v) is 11.0. The molecule has 0 aliphatic carbocycles. The molecular formula is C14H20FNO. The second-order valence-electron chi connectivity index (χ2n) is 4.33. The second kappa shape index (κ2) is 5.80. The predicted octanol–water partition coefficient (Wildman–Crippen LogP) is 3.39. The van der Waals surface area contributed by atoms with Crippen LogP contribution in [0.1, 0.15) is 43.1 Å². The van der Waals surface area contributed by atoms with Crippen LogP contribution in [0.25, 0.3) is 0 Å². The number of nitrogens with zero attached hydrogens (tertiary/aromatic N) is 1. The highest BCUT2D eigenvalue weighted by Gasteiger charge is 2.21. The van der Waals surface area contributed by atoms with Crippen LogP contribution in [0.4, 0.5) is 4.39 Å². The number of rotatable bonds is 4. The number of carbonyl (C=O) groups excluding carboxylic acids is 1. The molecule has 3 heteroatoms. The largest absolute Gasteiger partial charge is 0.336 e. The fourth-order valence-electron chi connectivity index (χ4n) is 1.83. The molecule has 0 aliphatic heterocycles. The van der Waals surface area contributed by atoms with Crippen molar-refractivity contribution in [3.8, 4) is 0 Å². The Morgan fingerprint density at radius 3 is 2.59 bits per heavy atom. The van der Waals surface area contributed by atoms with Crippen molar-refractivity contribution >= 4 is 5.91 Å². The van der Waals surface area contributed by atoms with E-state index in [4.69, 9.17) is 0 Å². The van der Waals surface area contributed by atoms with Gasteiger partial charge in [-0.1, -0.05) is 18.6 Å². The van der Waals surface area contributed by atoms with Gasteiger partial charge in [0.25, 0.3) is 5.91 Å². The van der Waals surface area contributed by atoms with E-state index in [0.29, 0.717) is 6.54 Å². The van der Waals surface area contributed by atoms with Crippen LogP contribution in [0, 0.1) is 12.7 Å². The van der Waals surface area contributed by atoms with Crippen molar-refractivity contribution < 1.29 is 9.18 Å². The minimum absolute atomic E-state index is 0.132. The predicted molar refractivity (Wildman–Crippen MR) is 67.6 cm³/mol. The molecule has 1 amide bonds. The van der Waals surface area contributed by atoms with Crippen LogP contribution >= 0.6 is 0 Å². The van der Waals surface area contributed by atoms with E-state index in [-0.39, 0.29) is 17.5 Å². The molecule has 0 saturated heterocycles. The monoisotopic (exact) mass is 237 g/mol. The first-order valence-electron chi connectivity index (χ1n) is 6.08. The zero-order chi connectivity index (χ0) is 13.0. The second-order valence-corrected chi connectivity index (χ2v) is 4.33. The number of halogens is 1. The topological polar surface area (TPSA) is 20.3 Å². The Balaban J connectivity index is 3.05. The van der Waals surface area contributed by atoms with Crippen LogP contribution in [-0.4, -0.2) is 23.4 Å². The summed E-state index contributed by atoms with van der Waals surface area (Å²) >= 11 is 0. The van der Waals surface area contributed by atoms with E-state index in [0.717, 1.165) is 12.0 Å². The van der Waals surface area contributed by atoms with E-state index in [1.165, 1.54) is 6.07 Å². The Morgan fingerprint density at radius 1 is 1.41 bits per heavy atom. The van der Waals surface area contributed by atoms with E-state index in [2.05, 4.69) is 0 Å². The molecule has 1 unspecified atom stereocenters. The van der Waals surface area contributed by atoms with Gasteiger partial charge in [0.15, 0.2) is 0 Å². The SMILES string of the molecule is CCC(C)N(CC)C(=O)c1cc(C)ccc1F. The lowest BCUT2D eigenvalue weighted by atomic mass is 10.1. The molecule has 1 aromatic carbocycles. The summed E-state index contributed by atoms with van der Waals surface area (Å²) in [6, 6.07) is 4.77. The van der Waals surface area contributed by atoms with Crippen LogP contribution in [0.3, 0.4) is 0 Å². The molecule has 0 aromatic heterocycles. The maximum atomic E-state index is 13.6. The Kier molecular flexibility index (Phi) is 4.67. The minimum Gasteiger partial charge on any atom is -0.336 e. The van der Waals surface area contributed by atoms with Gasteiger partial charge in [0.2, 0.25) is 0 Å². The summed E-state index contributed by atoms with van der Waals surface area (Å²) in [7, 11) is 0. The van der Waals surface area contributed by atoms with E-state index < -0.39 is 5.82 Å². The summed E-state index contributed by atoms with van der Waals surface area (Å²) in [5.41, 5.74) is 1.07. The number of amides is 1. The van der Waals surface area contributed by atoms with Gasteiger partial charge < -0.3 is 4.90 Å². The molecule has 0 bridgehead atoms. The molecule has 94 valence electrons. The maximum absolute atomic E-state index is 13.6. The van der Waals surface area contributed by atoms with Gasteiger partial charge in [0.05, 0.1) is 5.56 Å². The molecule has 0 heterocycles. The highest BCUT2D eigenvalue weighted by molar-refractivity contribution is 5.94. The third kappa shape index (κ3) is 3.05. The summed E-state index contributed by atoms with van der Waals surface area (Å²) in [5, 5.41) is 0. The van der Waals surface area contributed by atoms with Gasteiger partial charge in [0.1, 0.15) is 5.82 Å². The fraction of sp³-hybridized carbons (Fsp3) is 0.500. The lowest BCUT2D eigenvalue weighted by molar-refractivity contribution is 0.0695. The van der Waals surface area contributed by atoms with Crippen molar-refractivity contribution in [2.24, 2.45) is 0 Å². The van der Waals surface area contributed by atoms with Crippen LogP contribution in [0.5, 0.6) is 0 Å². The normalized spacial score (nSPS) is 12.3. The zero-order valence-electron chi connectivity index (χ0n) is 11.0. The number of hydrogen-bond donors (Lipinski definition) is 0. The van der Waals surface area contributed by atoms with E-state index in [9.17, 15) is 9.18 Å². The molecule has 17 heavy (non-hydrogen) atoms. The molecule has 0 aliphatic rings. The summed E-state index contributed by atoms with van der Waals surface area (Å²) in [6.07, 6.45) is 0.868. The van der Waals surface area contributed by atoms with E-state index in [1.54, 1.807) is 17.0 Å². The minimum atomic E-state index is -0.442. The van der Waals surface area contributed by atoms with Crippen molar-refractivity contribution in [2.75, 3.05) is 6.54 Å². The average Bonchev–Trinajstić information content (AvgIpc) is 2.32. The molecule has 0 saturated carbocycles. The van der Waals surface area contributed by atoms with Gasteiger partial charge in [-0.3, -0.25) is 4.79 Å². The lowest BCUT2D eigenvalue weighted by Gasteiger charge is -2.27. The molecule has 2 nitrogen and oxygen atoms in total. The molecule has 1 atom stereocenters. The Labute approximate surface area is 102 Å². The first-order chi connectivity index (χ1) is 8.01. The number of hydrogen-bond acceptors (Lipinski definition) is 1. The molecule has 1 aromatic rings. The summed E-state index contributed by atoms with van der Waals surface area (Å²) < 4.78 is 13.6. The van der Waals surface area contributed by atoms with Crippen LogP contribution in [0.2, 0.25) is 0 Å². The number of aryl methyl sites for hydroxylation is 1. The third-order valence-electron chi connectivity index (χ3n) is 3.08. The standard InChI is InChI=1S/C14H20FNO/c1-5-11(4)16(6-2)14(17)12-9-10(3)7-8-13(12)15/h7-9,11H,5-6H2,1-4H3. The summed E-state index contributed by atoms with van der Waals surface area (Å²) in [6.45, 7) is 8.37. The van der Waals surface area contributed by atoms with Crippen molar-refractivity contribution in [2.45, 2.75) is 40.2 Å². The molecule has 0 N–H and O–H groups in total. The maximum Gasteiger partial charge on any atom is 0.257 e. The first kappa shape index (κ1) is 13.7. The van der Waals surface area contributed by atoms with Gasteiger partial charge in [-0.25, -0.2) is 4.39 Å². The van der Waals surface area contributed by atoms with Crippen molar-refractivity contribution in [1.82, 2.24) is 4.90 Å². The van der Waals surface area contributed by atoms with Gasteiger partial charge in [0, 0.05) is 12.6 Å². The molecular weight excluding hydrogens is 217 g/mol. The smallest absolute Gasteiger partial charge is 0.257 e. The molecule has 1 rings (SSSR count). The van der Waals surface area contributed by atoms with E-state index >= 15 is 0 Å². The summed E-state index contributed by atoms with van der Waals surface area (Å²) in [4.78, 5) is 13.9. The number of benzene rings is 1. The molecule has 0 spiro atoms. The van der Waals surface area contributed by atoms with Crippen LogP contribution in [-0.2, 0) is 0 Å². The van der Waals surface area contributed by atoms with Crippen molar-refractivity contribution in [1.29, 1.82) is 0 Å².